The molecule has 0 spiro atoms. The molecule has 0 aliphatic rings. The lowest BCUT2D eigenvalue weighted by molar-refractivity contribution is 0.0519. The van der Waals surface area contributed by atoms with E-state index in [1.807, 2.05) is 25.1 Å². The largest absolute Gasteiger partial charge is 0.461 e. The van der Waals surface area contributed by atoms with Gasteiger partial charge in [0.05, 0.1) is 12.3 Å². The molecule has 2 aromatic heterocycles. The minimum absolute atomic E-state index is 0.332. The number of aromatic nitrogens is 2. The summed E-state index contributed by atoms with van der Waals surface area (Å²) in [5, 5.41) is 1.97. The Morgan fingerprint density at radius 2 is 2.13 bits per heavy atom. The van der Waals surface area contributed by atoms with E-state index in [0.29, 0.717) is 18.2 Å². The number of esters is 1. The maximum atomic E-state index is 12.2. The molecule has 0 unspecified atom stereocenters. The van der Waals surface area contributed by atoms with Crippen LogP contribution >= 0.6 is 11.3 Å². The molecular weight excluding hydrogens is 308 g/mol. The zero-order valence-corrected chi connectivity index (χ0v) is 14.4. The van der Waals surface area contributed by atoms with Gasteiger partial charge in [0.2, 0.25) is 0 Å². The molecule has 0 aliphatic heterocycles. The van der Waals surface area contributed by atoms with Crippen molar-refractivity contribution < 1.29 is 9.53 Å². The van der Waals surface area contributed by atoms with Crippen LogP contribution in [0, 0.1) is 5.92 Å². The van der Waals surface area contributed by atoms with Crippen LogP contribution in [-0.2, 0) is 11.2 Å². The number of aromatic amines is 1. The zero-order valence-electron chi connectivity index (χ0n) is 13.6. The first-order valence-electron chi connectivity index (χ1n) is 7.83. The molecule has 0 atom stereocenters. The molecule has 0 aliphatic carbocycles. The monoisotopic (exact) mass is 328 g/mol. The molecule has 0 amide bonds. The van der Waals surface area contributed by atoms with Crippen molar-refractivity contribution in [2.75, 3.05) is 6.61 Å². The zero-order chi connectivity index (χ0) is 16.4. The molecule has 4 nitrogen and oxygen atoms in total. The number of carbonyl (C=O) groups excluding carboxylic acids is 1. The van der Waals surface area contributed by atoms with Gasteiger partial charge in [0.25, 0.3) is 0 Å². The number of benzene rings is 1. The Labute approximate surface area is 139 Å². The molecule has 0 radical (unpaired) electrons. The van der Waals surface area contributed by atoms with Crippen molar-refractivity contribution in [2.45, 2.75) is 27.2 Å². The lowest BCUT2D eigenvalue weighted by atomic mass is 10.1. The van der Waals surface area contributed by atoms with Gasteiger partial charge in [0, 0.05) is 15.8 Å². The molecule has 5 heteroatoms. The molecule has 1 N–H and O–H groups in total. The van der Waals surface area contributed by atoms with Gasteiger partial charge in [-0.15, -0.1) is 11.3 Å². The predicted octanol–water partition coefficient (Wildman–Crippen LogP) is 4.67. The Bertz CT molecular complexity index is 800. The number of thiazole rings is 1. The van der Waals surface area contributed by atoms with E-state index in [4.69, 9.17) is 4.74 Å². The number of rotatable bonds is 5. The fourth-order valence-corrected chi connectivity index (χ4v) is 3.76. The van der Waals surface area contributed by atoms with Gasteiger partial charge in [-0.3, -0.25) is 0 Å². The van der Waals surface area contributed by atoms with Crippen molar-refractivity contribution in [1.82, 2.24) is 9.97 Å². The standard InChI is InChI=1S/C18H20N2O2S/c1-4-22-18(21)16-15(9-11(2)3)23-17(20-16)14-10-12-7-5-6-8-13(12)19-14/h5-8,10-11,19H,4,9H2,1-3H3. The quantitative estimate of drug-likeness (QED) is 0.693. The van der Waals surface area contributed by atoms with Crippen LogP contribution in [0.25, 0.3) is 21.6 Å². The Hall–Kier alpha value is -2.14. The van der Waals surface area contributed by atoms with Crippen molar-refractivity contribution in [3.63, 3.8) is 0 Å². The minimum Gasteiger partial charge on any atom is -0.461 e. The van der Waals surface area contributed by atoms with Gasteiger partial charge in [-0.05, 0) is 31.4 Å². The van der Waals surface area contributed by atoms with Crippen molar-refractivity contribution >= 4 is 28.2 Å². The summed E-state index contributed by atoms with van der Waals surface area (Å²) >= 11 is 1.57. The first kappa shape index (κ1) is 15.7. The first-order valence-corrected chi connectivity index (χ1v) is 8.65. The van der Waals surface area contributed by atoms with E-state index in [0.717, 1.165) is 32.9 Å². The summed E-state index contributed by atoms with van der Waals surface area (Å²) in [7, 11) is 0. The van der Waals surface area contributed by atoms with Crippen LogP contribution in [0.1, 0.15) is 36.1 Å². The van der Waals surface area contributed by atoms with Crippen LogP contribution in [0.2, 0.25) is 0 Å². The third kappa shape index (κ3) is 3.29. The number of hydrogen-bond acceptors (Lipinski definition) is 4. The Balaban J connectivity index is 2.03. The summed E-state index contributed by atoms with van der Waals surface area (Å²) in [6, 6.07) is 10.2. The number of H-pyrrole nitrogens is 1. The summed E-state index contributed by atoms with van der Waals surface area (Å²) in [5.74, 6) is 0.126. The van der Waals surface area contributed by atoms with Gasteiger partial charge in [-0.1, -0.05) is 32.0 Å². The second-order valence-corrected chi connectivity index (χ2v) is 6.96. The summed E-state index contributed by atoms with van der Waals surface area (Å²) in [4.78, 5) is 21.1. The summed E-state index contributed by atoms with van der Waals surface area (Å²) in [6.45, 7) is 6.44. The summed E-state index contributed by atoms with van der Waals surface area (Å²) < 4.78 is 5.15. The molecule has 0 saturated heterocycles. The highest BCUT2D eigenvalue weighted by molar-refractivity contribution is 7.15. The number of nitrogens with zero attached hydrogens (tertiary/aromatic N) is 1. The predicted molar refractivity (Wildman–Crippen MR) is 93.9 cm³/mol. The fraction of sp³-hybridized carbons (Fsp3) is 0.333. The number of para-hydroxylation sites is 1. The molecule has 23 heavy (non-hydrogen) atoms. The van der Waals surface area contributed by atoms with E-state index in [1.165, 1.54) is 0 Å². The maximum Gasteiger partial charge on any atom is 0.358 e. The summed E-state index contributed by atoms with van der Waals surface area (Å²) in [6.07, 6.45) is 0.825. The van der Waals surface area contributed by atoms with Crippen molar-refractivity contribution in [2.24, 2.45) is 5.92 Å². The fourth-order valence-electron chi connectivity index (χ4n) is 2.52. The third-order valence-electron chi connectivity index (χ3n) is 3.52. The highest BCUT2D eigenvalue weighted by Crippen LogP contribution is 2.31. The Morgan fingerprint density at radius 3 is 2.83 bits per heavy atom. The van der Waals surface area contributed by atoms with E-state index in [9.17, 15) is 4.79 Å². The Kier molecular flexibility index (Phi) is 4.48. The second-order valence-electron chi connectivity index (χ2n) is 5.88. The smallest absolute Gasteiger partial charge is 0.358 e. The minimum atomic E-state index is -0.332. The average molecular weight is 328 g/mol. The SMILES string of the molecule is CCOC(=O)c1nc(-c2cc3ccccc3[nH]2)sc1CC(C)C. The molecule has 3 aromatic rings. The van der Waals surface area contributed by atoms with Crippen molar-refractivity contribution in [3.8, 4) is 10.7 Å². The second kappa shape index (κ2) is 6.54. The highest BCUT2D eigenvalue weighted by atomic mass is 32.1. The van der Waals surface area contributed by atoms with Crippen LogP contribution in [0.5, 0.6) is 0 Å². The number of fused-ring (bicyclic) bond motifs is 1. The lowest BCUT2D eigenvalue weighted by Crippen LogP contribution is -2.08. The van der Waals surface area contributed by atoms with Crippen LogP contribution in [0.3, 0.4) is 0 Å². The van der Waals surface area contributed by atoms with Crippen LogP contribution in [-0.4, -0.2) is 22.5 Å². The topological polar surface area (TPSA) is 55.0 Å². The molecule has 120 valence electrons. The number of hydrogen-bond donors (Lipinski definition) is 1. The van der Waals surface area contributed by atoms with Crippen LogP contribution < -0.4 is 0 Å². The van der Waals surface area contributed by atoms with Gasteiger partial charge >= 0.3 is 5.97 Å². The maximum absolute atomic E-state index is 12.2. The summed E-state index contributed by atoms with van der Waals surface area (Å²) in [5.41, 5.74) is 2.47. The number of ether oxygens (including phenoxy) is 1. The molecule has 0 saturated carbocycles. The van der Waals surface area contributed by atoms with Crippen molar-refractivity contribution in [3.05, 3.63) is 40.9 Å². The van der Waals surface area contributed by atoms with E-state index in [2.05, 4.69) is 35.9 Å². The van der Waals surface area contributed by atoms with E-state index < -0.39 is 0 Å². The average Bonchev–Trinajstić information content (AvgIpc) is 3.10. The first-order chi connectivity index (χ1) is 11.1. The van der Waals surface area contributed by atoms with E-state index >= 15 is 0 Å². The van der Waals surface area contributed by atoms with Crippen LogP contribution in [0.15, 0.2) is 30.3 Å². The molecule has 2 heterocycles. The van der Waals surface area contributed by atoms with Gasteiger partial charge in [-0.2, -0.15) is 0 Å². The third-order valence-corrected chi connectivity index (χ3v) is 4.63. The van der Waals surface area contributed by atoms with E-state index in [1.54, 1.807) is 11.3 Å². The van der Waals surface area contributed by atoms with Gasteiger partial charge < -0.3 is 9.72 Å². The molecule has 0 fully saturated rings. The van der Waals surface area contributed by atoms with E-state index in [-0.39, 0.29) is 5.97 Å². The molecule has 1 aromatic carbocycles. The van der Waals surface area contributed by atoms with Crippen molar-refractivity contribution in [1.29, 1.82) is 0 Å². The normalized spacial score (nSPS) is 11.3. The van der Waals surface area contributed by atoms with Gasteiger partial charge in [0.15, 0.2) is 5.69 Å². The van der Waals surface area contributed by atoms with Crippen LogP contribution in [0.4, 0.5) is 0 Å². The molecule has 0 bridgehead atoms. The molecular formula is C18H20N2O2S. The Morgan fingerprint density at radius 1 is 1.35 bits per heavy atom. The number of carbonyl (C=O) groups is 1. The lowest BCUT2D eigenvalue weighted by Gasteiger charge is -2.04. The van der Waals surface area contributed by atoms with Gasteiger partial charge in [0.1, 0.15) is 5.01 Å². The highest BCUT2D eigenvalue weighted by Gasteiger charge is 2.21. The van der Waals surface area contributed by atoms with Gasteiger partial charge in [-0.25, -0.2) is 9.78 Å². The molecule has 3 rings (SSSR count). The number of nitrogens with one attached hydrogen (secondary N) is 1.